The number of nitrogens with one attached hydrogen (secondary N) is 2. The van der Waals surface area contributed by atoms with E-state index in [4.69, 9.17) is 0 Å². The second-order valence-electron chi connectivity index (χ2n) is 4.07. The molecule has 2 aliphatic heterocycles. The molecule has 17 heavy (non-hydrogen) atoms. The Morgan fingerprint density at radius 1 is 1.53 bits per heavy atom. The first kappa shape index (κ1) is 12.7. The first-order valence-corrected chi connectivity index (χ1v) is 6.48. The average molecular weight is 266 g/mol. The monoisotopic (exact) mass is 266 g/mol. The van der Waals surface area contributed by atoms with Crippen LogP contribution in [0.25, 0.3) is 0 Å². The maximum absolute atomic E-state index is 11.1. The Morgan fingerprint density at radius 2 is 2.24 bits per heavy atom. The van der Waals surface area contributed by atoms with Gasteiger partial charge in [-0.25, -0.2) is 8.37 Å². The van der Waals surface area contributed by atoms with E-state index >= 15 is 0 Å². The molecular weight excluding hydrogens is 252 g/mol. The van der Waals surface area contributed by atoms with Gasteiger partial charge in [0.25, 0.3) is 0 Å². The molecule has 2 aliphatic rings. The van der Waals surface area contributed by atoms with E-state index in [1.54, 1.807) is 0 Å². The summed E-state index contributed by atoms with van der Waals surface area (Å²) in [6.45, 7) is 1.56. The Hall–Kier alpha value is -0.740. The highest BCUT2D eigenvalue weighted by molar-refractivity contribution is 7.81. The topological polar surface area (TPSA) is 114 Å². The van der Waals surface area contributed by atoms with E-state index in [1.807, 2.05) is 0 Å². The second kappa shape index (κ2) is 4.50. The zero-order valence-corrected chi connectivity index (χ0v) is 9.94. The van der Waals surface area contributed by atoms with Crippen molar-refractivity contribution in [1.82, 2.24) is 10.6 Å². The largest absolute Gasteiger partial charge is 0.400 e. The van der Waals surface area contributed by atoms with Gasteiger partial charge in [0.15, 0.2) is 0 Å². The number of aliphatic hydroxyl groups is 1. The zero-order valence-electron chi connectivity index (χ0n) is 9.12. The van der Waals surface area contributed by atoms with Crippen LogP contribution < -0.4 is 10.6 Å². The average Bonchev–Trinajstić information content (AvgIpc) is 2.22. The van der Waals surface area contributed by atoms with Crippen molar-refractivity contribution in [2.24, 2.45) is 0 Å². The van der Waals surface area contributed by atoms with Crippen LogP contribution in [-0.2, 0) is 23.6 Å². The molecular formula is C8H14N2O6S. The molecule has 3 N–H and O–H groups in total. The van der Waals surface area contributed by atoms with Crippen molar-refractivity contribution in [2.75, 3.05) is 13.2 Å². The van der Waals surface area contributed by atoms with Gasteiger partial charge < -0.3 is 15.7 Å². The lowest BCUT2D eigenvalue weighted by Gasteiger charge is -2.42. The van der Waals surface area contributed by atoms with E-state index in [1.165, 1.54) is 6.92 Å². The number of amides is 1. The summed E-state index contributed by atoms with van der Waals surface area (Å²) >= 11 is 0. The lowest BCUT2D eigenvalue weighted by molar-refractivity contribution is -0.122. The van der Waals surface area contributed by atoms with Crippen molar-refractivity contribution in [3.05, 3.63) is 0 Å². The highest BCUT2D eigenvalue weighted by Gasteiger charge is 2.45. The van der Waals surface area contributed by atoms with E-state index in [2.05, 4.69) is 19.0 Å². The maximum Gasteiger partial charge on any atom is 0.400 e. The van der Waals surface area contributed by atoms with Crippen LogP contribution in [0.15, 0.2) is 0 Å². The molecule has 8 nitrogen and oxygen atoms in total. The number of piperidine rings is 1. The fourth-order valence-electron chi connectivity index (χ4n) is 1.98. The number of carbonyl (C=O) groups is 1. The van der Waals surface area contributed by atoms with Gasteiger partial charge in [0, 0.05) is 13.5 Å². The third kappa shape index (κ3) is 2.75. The van der Waals surface area contributed by atoms with E-state index in [0.29, 0.717) is 6.54 Å². The number of aliphatic hydroxyl groups excluding tert-OH is 1. The molecule has 4 atom stereocenters. The molecule has 98 valence electrons. The molecule has 2 saturated heterocycles. The summed E-state index contributed by atoms with van der Waals surface area (Å²) in [5.74, 6) is -0.302. The fourth-order valence-corrected chi connectivity index (χ4v) is 2.87. The number of rotatable bonds is 1. The summed E-state index contributed by atoms with van der Waals surface area (Å²) < 4.78 is 31.4. The standard InChI is InChI=1S/C8H14N2O6S/c1-4(11)10-5-2-9-6-3-15-17(13,14)16-8(6)7(5)12/h5-9,12H,2-3H2,1H3,(H,10,11)/t5-,6+,7+,8+/m0/s1. The van der Waals surface area contributed by atoms with Crippen LogP contribution in [-0.4, -0.2) is 56.9 Å². The Morgan fingerprint density at radius 3 is 2.88 bits per heavy atom. The second-order valence-corrected chi connectivity index (χ2v) is 5.31. The minimum atomic E-state index is -4.05. The maximum atomic E-state index is 11.1. The summed E-state index contributed by atoms with van der Waals surface area (Å²) in [4.78, 5) is 10.9. The van der Waals surface area contributed by atoms with E-state index in [9.17, 15) is 18.3 Å². The lowest BCUT2D eigenvalue weighted by atomic mass is 9.94. The van der Waals surface area contributed by atoms with Crippen LogP contribution in [0.1, 0.15) is 6.92 Å². The molecule has 0 saturated carbocycles. The molecule has 0 bridgehead atoms. The normalized spacial score (nSPS) is 40.4. The predicted octanol–water partition coefficient (Wildman–Crippen LogP) is -2.52. The van der Waals surface area contributed by atoms with Gasteiger partial charge in [-0.1, -0.05) is 0 Å². The number of hydrogen-bond acceptors (Lipinski definition) is 7. The highest BCUT2D eigenvalue weighted by atomic mass is 32.3. The van der Waals surface area contributed by atoms with Crippen molar-refractivity contribution in [2.45, 2.75) is 31.2 Å². The Bertz CT molecular complexity index is 410. The van der Waals surface area contributed by atoms with Crippen LogP contribution in [0.4, 0.5) is 0 Å². The molecule has 2 rings (SSSR count). The molecule has 1 amide bonds. The number of hydrogen-bond donors (Lipinski definition) is 3. The summed E-state index contributed by atoms with van der Waals surface area (Å²) in [5, 5.41) is 15.4. The van der Waals surface area contributed by atoms with Gasteiger partial charge in [-0.3, -0.25) is 4.79 Å². The van der Waals surface area contributed by atoms with Crippen molar-refractivity contribution < 1.29 is 26.7 Å². The van der Waals surface area contributed by atoms with Crippen LogP contribution >= 0.6 is 0 Å². The van der Waals surface area contributed by atoms with Crippen LogP contribution in [0, 0.1) is 0 Å². The third-order valence-electron chi connectivity index (χ3n) is 2.75. The number of fused-ring (bicyclic) bond motifs is 1. The molecule has 0 aromatic rings. The fraction of sp³-hybridized carbons (Fsp3) is 0.875. The van der Waals surface area contributed by atoms with Crippen molar-refractivity contribution >= 4 is 16.3 Å². The quantitative estimate of drug-likeness (QED) is 0.480. The van der Waals surface area contributed by atoms with Gasteiger partial charge in [-0.15, -0.1) is 0 Å². The van der Waals surface area contributed by atoms with Gasteiger partial charge >= 0.3 is 10.4 Å². The van der Waals surface area contributed by atoms with Crippen molar-refractivity contribution in [3.8, 4) is 0 Å². The van der Waals surface area contributed by atoms with E-state index in [-0.39, 0.29) is 12.5 Å². The van der Waals surface area contributed by atoms with Gasteiger partial charge in [0.1, 0.15) is 12.2 Å². The molecule has 9 heteroatoms. The Kier molecular flexibility index (Phi) is 3.36. The molecule has 0 aromatic carbocycles. The third-order valence-corrected chi connectivity index (χ3v) is 3.64. The smallest absolute Gasteiger partial charge is 0.388 e. The lowest BCUT2D eigenvalue weighted by Crippen LogP contribution is -2.67. The molecule has 2 heterocycles. The summed E-state index contributed by atoms with van der Waals surface area (Å²) in [7, 11) is -4.05. The van der Waals surface area contributed by atoms with Crippen LogP contribution in [0.2, 0.25) is 0 Å². The first-order valence-electron chi connectivity index (χ1n) is 5.15. The molecule has 0 aliphatic carbocycles. The van der Waals surface area contributed by atoms with Crippen molar-refractivity contribution in [3.63, 3.8) is 0 Å². The SMILES string of the molecule is CC(=O)N[C@H]1CN[C@@H]2COS(=O)(=O)O[C@H]2[C@@H]1O. The van der Waals surface area contributed by atoms with Crippen molar-refractivity contribution in [1.29, 1.82) is 0 Å². The van der Waals surface area contributed by atoms with E-state index in [0.717, 1.165) is 0 Å². The Balaban J connectivity index is 2.10. The first-order chi connectivity index (χ1) is 7.89. The molecule has 0 spiro atoms. The number of carbonyl (C=O) groups excluding carboxylic acids is 1. The molecule has 0 unspecified atom stereocenters. The summed E-state index contributed by atoms with van der Waals surface area (Å²) in [6.07, 6.45) is -2.04. The van der Waals surface area contributed by atoms with Gasteiger partial charge in [-0.2, -0.15) is 8.42 Å². The summed E-state index contributed by atoms with van der Waals surface area (Å²) in [5.41, 5.74) is 0. The van der Waals surface area contributed by atoms with E-state index < -0.39 is 34.7 Å². The minimum absolute atomic E-state index is 0.0865. The highest BCUT2D eigenvalue weighted by Crippen LogP contribution is 2.22. The molecule has 2 fully saturated rings. The van der Waals surface area contributed by atoms with Gasteiger partial charge in [-0.05, 0) is 0 Å². The van der Waals surface area contributed by atoms with Gasteiger partial charge in [0.2, 0.25) is 5.91 Å². The zero-order chi connectivity index (χ0) is 12.6. The minimum Gasteiger partial charge on any atom is -0.388 e. The molecule has 0 radical (unpaired) electrons. The predicted molar refractivity (Wildman–Crippen MR) is 55.1 cm³/mol. The Labute approximate surface area is 98.6 Å². The van der Waals surface area contributed by atoms with Gasteiger partial charge in [0.05, 0.1) is 18.7 Å². The van der Waals surface area contributed by atoms with Crippen LogP contribution in [0.3, 0.4) is 0 Å². The van der Waals surface area contributed by atoms with Crippen LogP contribution in [0.5, 0.6) is 0 Å². The molecule has 0 aromatic heterocycles. The summed E-state index contributed by atoms with van der Waals surface area (Å²) in [6, 6.07) is -0.986.